The number of fused-ring (bicyclic) bond motifs is 1. The van der Waals surface area contributed by atoms with Gasteiger partial charge >= 0.3 is 0 Å². The molecule has 2 unspecified atom stereocenters. The molecule has 0 aromatic rings. The van der Waals surface area contributed by atoms with Gasteiger partial charge in [0.2, 0.25) is 5.91 Å². The molecule has 0 spiro atoms. The maximum Gasteiger partial charge on any atom is 0.240 e. The first-order valence-electron chi connectivity index (χ1n) is 7.71. The monoisotopic (exact) mass is 252 g/mol. The first kappa shape index (κ1) is 13.9. The number of carbonyl (C=O) groups is 1. The Kier molecular flexibility index (Phi) is 4.66. The van der Waals surface area contributed by atoms with Crippen molar-refractivity contribution in [3.8, 4) is 0 Å². The van der Waals surface area contributed by atoms with Crippen LogP contribution in [0.15, 0.2) is 0 Å². The fourth-order valence-corrected chi connectivity index (χ4v) is 3.59. The van der Waals surface area contributed by atoms with Crippen LogP contribution in [0.1, 0.15) is 58.8 Å². The predicted molar refractivity (Wildman–Crippen MR) is 74.1 cm³/mol. The van der Waals surface area contributed by atoms with Crippen LogP contribution in [0.2, 0.25) is 0 Å². The van der Waals surface area contributed by atoms with E-state index in [1.54, 1.807) is 0 Å². The first-order valence-corrected chi connectivity index (χ1v) is 7.71. The Bertz CT molecular complexity index is 290. The van der Waals surface area contributed by atoms with E-state index < -0.39 is 0 Å². The highest BCUT2D eigenvalue weighted by molar-refractivity contribution is 5.82. The number of nitrogens with two attached hydrogens (primary N) is 1. The molecule has 104 valence electrons. The zero-order valence-corrected chi connectivity index (χ0v) is 11.9. The number of rotatable bonds is 3. The molecular formula is C15H28N2O. The van der Waals surface area contributed by atoms with Crippen LogP contribution in [0.5, 0.6) is 0 Å². The van der Waals surface area contributed by atoms with Crippen LogP contribution in [0, 0.1) is 11.8 Å². The number of piperidine rings is 1. The van der Waals surface area contributed by atoms with Gasteiger partial charge < -0.3 is 10.6 Å². The number of amides is 1. The third kappa shape index (κ3) is 2.71. The zero-order valence-electron chi connectivity index (χ0n) is 11.9. The van der Waals surface area contributed by atoms with E-state index in [-0.39, 0.29) is 11.9 Å². The van der Waals surface area contributed by atoms with E-state index in [9.17, 15) is 4.79 Å². The fraction of sp³-hybridized carbons (Fsp3) is 0.933. The lowest BCUT2D eigenvalue weighted by Gasteiger charge is -2.45. The number of nitrogens with zero attached hydrogens (tertiary/aromatic N) is 1. The Balaban J connectivity index is 2.03. The number of hydrogen-bond acceptors (Lipinski definition) is 2. The summed E-state index contributed by atoms with van der Waals surface area (Å²) in [6.45, 7) is 5.13. The van der Waals surface area contributed by atoms with Crippen molar-refractivity contribution in [1.29, 1.82) is 0 Å². The van der Waals surface area contributed by atoms with Gasteiger partial charge in [-0.15, -0.1) is 0 Å². The van der Waals surface area contributed by atoms with E-state index in [1.807, 2.05) is 0 Å². The normalized spacial score (nSPS) is 31.6. The van der Waals surface area contributed by atoms with Gasteiger partial charge in [0.1, 0.15) is 0 Å². The van der Waals surface area contributed by atoms with Crippen molar-refractivity contribution in [2.45, 2.75) is 70.9 Å². The summed E-state index contributed by atoms with van der Waals surface area (Å²) in [5.41, 5.74) is 6.13. The molecule has 1 aliphatic carbocycles. The van der Waals surface area contributed by atoms with Crippen molar-refractivity contribution in [1.82, 2.24) is 4.90 Å². The summed E-state index contributed by atoms with van der Waals surface area (Å²) >= 11 is 0. The maximum atomic E-state index is 12.6. The third-order valence-corrected chi connectivity index (χ3v) is 5.07. The van der Waals surface area contributed by atoms with Crippen molar-refractivity contribution in [2.24, 2.45) is 17.6 Å². The van der Waals surface area contributed by atoms with Crippen LogP contribution in [0.3, 0.4) is 0 Å². The van der Waals surface area contributed by atoms with Crippen molar-refractivity contribution in [3.63, 3.8) is 0 Å². The largest absolute Gasteiger partial charge is 0.338 e. The van der Waals surface area contributed by atoms with Crippen molar-refractivity contribution >= 4 is 5.91 Å². The molecular weight excluding hydrogens is 224 g/mol. The number of carbonyl (C=O) groups excluding carboxylic acids is 1. The molecule has 1 saturated carbocycles. The molecule has 0 aromatic carbocycles. The Morgan fingerprint density at radius 3 is 2.67 bits per heavy atom. The number of likely N-dealkylation sites (tertiary alicyclic amines) is 1. The predicted octanol–water partition coefficient (Wildman–Crippen LogP) is 2.54. The summed E-state index contributed by atoms with van der Waals surface area (Å²) in [6, 6.07) is 0.200. The quantitative estimate of drug-likeness (QED) is 0.839. The summed E-state index contributed by atoms with van der Waals surface area (Å²) < 4.78 is 0. The highest BCUT2D eigenvalue weighted by atomic mass is 16.2. The van der Waals surface area contributed by atoms with Crippen LogP contribution in [0.4, 0.5) is 0 Å². The van der Waals surface area contributed by atoms with Gasteiger partial charge in [-0.2, -0.15) is 0 Å². The summed E-state index contributed by atoms with van der Waals surface area (Å²) in [7, 11) is 0. The van der Waals surface area contributed by atoms with Gasteiger partial charge in [0.25, 0.3) is 0 Å². The van der Waals surface area contributed by atoms with Crippen LogP contribution < -0.4 is 5.73 Å². The highest BCUT2D eigenvalue weighted by Crippen LogP contribution is 2.35. The summed E-state index contributed by atoms with van der Waals surface area (Å²) in [5, 5.41) is 0. The Labute approximate surface area is 111 Å². The molecule has 3 heteroatoms. The molecule has 0 aromatic heterocycles. The summed E-state index contributed by atoms with van der Waals surface area (Å²) in [4.78, 5) is 14.7. The second-order valence-electron chi connectivity index (χ2n) is 6.20. The van der Waals surface area contributed by atoms with E-state index in [0.29, 0.717) is 12.0 Å². The third-order valence-electron chi connectivity index (χ3n) is 5.07. The molecule has 2 rings (SSSR count). The van der Waals surface area contributed by atoms with Crippen LogP contribution in [-0.2, 0) is 4.79 Å². The van der Waals surface area contributed by atoms with Crippen molar-refractivity contribution < 1.29 is 4.79 Å². The minimum Gasteiger partial charge on any atom is -0.338 e. The van der Waals surface area contributed by atoms with E-state index >= 15 is 0 Å². The molecule has 1 aliphatic heterocycles. The topological polar surface area (TPSA) is 46.3 Å². The molecule has 2 N–H and O–H groups in total. The molecule has 1 heterocycles. The molecule has 0 bridgehead atoms. The highest BCUT2D eigenvalue weighted by Gasteiger charge is 2.37. The number of hydrogen-bond donors (Lipinski definition) is 1. The molecule has 2 aliphatic rings. The SMILES string of the molecule is CC[C@H](C)[C@H](N)C(=O)N1CCCC2CCCCC21. The van der Waals surface area contributed by atoms with Gasteiger partial charge in [0.15, 0.2) is 0 Å². The molecule has 1 saturated heterocycles. The van der Waals surface area contributed by atoms with E-state index in [0.717, 1.165) is 18.9 Å². The van der Waals surface area contributed by atoms with E-state index in [1.165, 1.54) is 38.5 Å². The molecule has 0 radical (unpaired) electrons. The molecule has 1 amide bonds. The lowest BCUT2D eigenvalue weighted by Crippen LogP contribution is -2.55. The lowest BCUT2D eigenvalue weighted by atomic mass is 9.78. The lowest BCUT2D eigenvalue weighted by molar-refractivity contribution is -0.140. The van der Waals surface area contributed by atoms with Gasteiger partial charge in [-0.25, -0.2) is 0 Å². The standard InChI is InChI=1S/C15H28N2O/c1-3-11(2)14(16)15(18)17-10-6-8-12-7-4-5-9-13(12)17/h11-14H,3-10,16H2,1-2H3/t11-,12?,13?,14-/m0/s1. The molecule has 18 heavy (non-hydrogen) atoms. The van der Waals surface area contributed by atoms with E-state index in [4.69, 9.17) is 5.73 Å². The van der Waals surface area contributed by atoms with Crippen LogP contribution in [0.25, 0.3) is 0 Å². The first-order chi connectivity index (χ1) is 8.65. The van der Waals surface area contributed by atoms with Crippen molar-refractivity contribution in [3.05, 3.63) is 0 Å². The van der Waals surface area contributed by atoms with Gasteiger partial charge in [0.05, 0.1) is 6.04 Å². The molecule has 4 atom stereocenters. The van der Waals surface area contributed by atoms with Gasteiger partial charge in [-0.3, -0.25) is 4.79 Å². The van der Waals surface area contributed by atoms with Crippen LogP contribution in [-0.4, -0.2) is 29.4 Å². The second kappa shape index (κ2) is 6.05. The van der Waals surface area contributed by atoms with Gasteiger partial charge in [-0.05, 0) is 37.5 Å². The Hall–Kier alpha value is -0.570. The minimum absolute atomic E-state index is 0.209. The zero-order chi connectivity index (χ0) is 13.1. The van der Waals surface area contributed by atoms with Crippen LogP contribution >= 0.6 is 0 Å². The molecule has 3 nitrogen and oxygen atoms in total. The Morgan fingerprint density at radius 1 is 1.28 bits per heavy atom. The van der Waals surface area contributed by atoms with E-state index in [2.05, 4.69) is 18.7 Å². The van der Waals surface area contributed by atoms with Gasteiger partial charge in [0, 0.05) is 12.6 Å². The summed E-state index contributed by atoms with van der Waals surface area (Å²) in [6.07, 6.45) is 8.60. The van der Waals surface area contributed by atoms with Gasteiger partial charge in [-0.1, -0.05) is 33.1 Å². The second-order valence-corrected chi connectivity index (χ2v) is 6.20. The average molecular weight is 252 g/mol. The fourth-order valence-electron chi connectivity index (χ4n) is 3.59. The summed E-state index contributed by atoms with van der Waals surface area (Å²) in [5.74, 6) is 1.25. The maximum absolute atomic E-state index is 12.6. The molecule has 2 fully saturated rings. The minimum atomic E-state index is -0.296. The van der Waals surface area contributed by atoms with Crippen molar-refractivity contribution in [2.75, 3.05) is 6.54 Å². The Morgan fingerprint density at radius 2 is 1.94 bits per heavy atom. The average Bonchev–Trinajstić information content (AvgIpc) is 2.44. The smallest absolute Gasteiger partial charge is 0.240 e.